The lowest BCUT2D eigenvalue weighted by Gasteiger charge is -2.11. The van der Waals surface area contributed by atoms with Gasteiger partial charge in [-0.2, -0.15) is 5.26 Å². The summed E-state index contributed by atoms with van der Waals surface area (Å²) in [6.07, 6.45) is 2.19. The summed E-state index contributed by atoms with van der Waals surface area (Å²) >= 11 is 0. The van der Waals surface area contributed by atoms with Crippen molar-refractivity contribution in [3.8, 4) is 17.6 Å². The number of hydrogen-bond acceptors (Lipinski definition) is 4. The molecule has 0 aliphatic carbocycles. The third-order valence-electron chi connectivity index (χ3n) is 3.85. The third kappa shape index (κ3) is 4.12. The monoisotopic (exact) mass is 322 g/mol. The molecule has 0 bridgehead atoms. The molecule has 1 heterocycles. The lowest BCUT2D eigenvalue weighted by atomic mass is 10.2. The van der Waals surface area contributed by atoms with E-state index in [9.17, 15) is 4.79 Å². The zero-order valence-corrected chi connectivity index (χ0v) is 13.2. The van der Waals surface area contributed by atoms with E-state index in [2.05, 4.69) is 11.4 Å². The minimum Gasteiger partial charge on any atom is -0.457 e. The number of amides is 1. The standard InChI is InChI=1S/C19H18N2O3/c20-12-14-3-7-16(8-4-14)24-17-9-5-15(6-10-17)19(22)21-13-18-2-1-11-23-18/h3-10,18H,1-2,11,13H2,(H,21,22). The highest BCUT2D eigenvalue weighted by atomic mass is 16.5. The first kappa shape index (κ1) is 16.0. The van der Waals surface area contributed by atoms with Crippen molar-refractivity contribution in [3.63, 3.8) is 0 Å². The van der Waals surface area contributed by atoms with Crippen molar-refractivity contribution in [2.45, 2.75) is 18.9 Å². The Labute approximate surface area is 140 Å². The highest BCUT2D eigenvalue weighted by molar-refractivity contribution is 5.94. The highest BCUT2D eigenvalue weighted by Crippen LogP contribution is 2.22. The summed E-state index contributed by atoms with van der Waals surface area (Å²) < 4.78 is 11.2. The van der Waals surface area contributed by atoms with Crippen molar-refractivity contribution in [2.75, 3.05) is 13.2 Å². The van der Waals surface area contributed by atoms with Crippen LogP contribution >= 0.6 is 0 Å². The molecule has 1 aliphatic rings. The molecule has 1 fully saturated rings. The first-order valence-corrected chi connectivity index (χ1v) is 7.92. The maximum atomic E-state index is 12.1. The fraction of sp³-hybridized carbons (Fsp3) is 0.263. The molecule has 5 heteroatoms. The molecule has 0 radical (unpaired) electrons. The SMILES string of the molecule is N#Cc1ccc(Oc2ccc(C(=O)NCC3CCCO3)cc2)cc1. The minimum absolute atomic E-state index is 0.115. The molecule has 1 aliphatic heterocycles. The summed E-state index contributed by atoms with van der Waals surface area (Å²) in [6.45, 7) is 1.32. The van der Waals surface area contributed by atoms with Gasteiger partial charge in [0.2, 0.25) is 0 Å². The molecule has 0 spiro atoms. The van der Waals surface area contributed by atoms with Crippen LogP contribution in [0.5, 0.6) is 11.5 Å². The number of nitrogens with zero attached hydrogens (tertiary/aromatic N) is 1. The molecule has 2 aromatic rings. The first-order chi connectivity index (χ1) is 11.7. The molecule has 3 rings (SSSR count). The Morgan fingerprint density at radius 2 is 1.83 bits per heavy atom. The molecule has 5 nitrogen and oxygen atoms in total. The van der Waals surface area contributed by atoms with E-state index >= 15 is 0 Å². The molecule has 1 unspecified atom stereocenters. The lowest BCUT2D eigenvalue weighted by Crippen LogP contribution is -2.31. The summed E-state index contributed by atoms with van der Waals surface area (Å²) in [5.41, 5.74) is 1.17. The van der Waals surface area contributed by atoms with E-state index in [0.717, 1.165) is 19.4 Å². The van der Waals surface area contributed by atoms with Crippen molar-refractivity contribution < 1.29 is 14.3 Å². The predicted octanol–water partition coefficient (Wildman–Crippen LogP) is 3.26. The quantitative estimate of drug-likeness (QED) is 0.917. The smallest absolute Gasteiger partial charge is 0.251 e. The summed E-state index contributed by atoms with van der Waals surface area (Å²) in [5.74, 6) is 1.16. The second-order valence-corrected chi connectivity index (χ2v) is 5.61. The van der Waals surface area contributed by atoms with Crippen LogP contribution in [0.15, 0.2) is 48.5 Å². The molecule has 122 valence electrons. The number of rotatable bonds is 5. The van der Waals surface area contributed by atoms with E-state index in [1.54, 1.807) is 48.5 Å². The van der Waals surface area contributed by atoms with Crippen molar-refractivity contribution >= 4 is 5.91 Å². The molecule has 0 aromatic heterocycles. The Morgan fingerprint density at radius 3 is 2.42 bits per heavy atom. The summed E-state index contributed by atoms with van der Waals surface area (Å²) in [5, 5.41) is 11.7. The van der Waals surface area contributed by atoms with Crippen LogP contribution in [-0.2, 0) is 4.74 Å². The van der Waals surface area contributed by atoms with Gasteiger partial charge in [-0.1, -0.05) is 0 Å². The Hall–Kier alpha value is -2.84. The Balaban J connectivity index is 1.55. The van der Waals surface area contributed by atoms with Crippen LogP contribution in [-0.4, -0.2) is 25.2 Å². The van der Waals surface area contributed by atoms with Crippen LogP contribution < -0.4 is 10.1 Å². The summed E-state index contributed by atoms with van der Waals surface area (Å²) in [6, 6.07) is 15.9. The second kappa shape index (κ2) is 7.62. The number of hydrogen-bond donors (Lipinski definition) is 1. The minimum atomic E-state index is -0.115. The first-order valence-electron chi connectivity index (χ1n) is 7.92. The maximum Gasteiger partial charge on any atom is 0.251 e. The molecule has 2 aromatic carbocycles. The van der Waals surface area contributed by atoms with Gasteiger partial charge in [0.05, 0.1) is 17.7 Å². The zero-order chi connectivity index (χ0) is 16.8. The molecule has 1 saturated heterocycles. The van der Waals surface area contributed by atoms with Crippen LogP contribution in [0.1, 0.15) is 28.8 Å². The Morgan fingerprint density at radius 1 is 1.17 bits per heavy atom. The van der Waals surface area contributed by atoms with E-state index in [4.69, 9.17) is 14.7 Å². The fourth-order valence-electron chi connectivity index (χ4n) is 2.52. The molecule has 0 saturated carbocycles. The number of carbonyl (C=O) groups excluding carboxylic acids is 1. The van der Waals surface area contributed by atoms with Crippen LogP contribution in [0.2, 0.25) is 0 Å². The van der Waals surface area contributed by atoms with Crippen LogP contribution in [0.4, 0.5) is 0 Å². The van der Waals surface area contributed by atoms with Crippen molar-refractivity contribution in [3.05, 3.63) is 59.7 Å². The van der Waals surface area contributed by atoms with E-state index < -0.39 is 0 Å². The van der Waals surface area contributed by atoms with Gasteiger partial charge in [0.25, 0.3) is 5.91 Å². The number of carbonyl (C=O) groups is 1. The topological polar surface area (TPSA) is 71.3 Å². The van der Waals surface area contributed by atoms with Gasteiger partial charge in [0.15, 0.2) is 0 Å². The average Bonchev–Trinajstić information content (AvgIpc) is 3.14. The highest BCUT2D eigenvalue weighted by Gasteiger charge is 2.16. The summed E-state index contributed by atoms with van der Waals surface area (Å²) in [7, 11) is 0. The molecule has 24 heavy (non-hydrogen) atoms. The molecule has 1 atom stereocenters. The van der Waals surface area contributed by atoms with Gasteiger partial charge >= 0.3 is 0 Å². The normalized spacial score (nSPS) is 16.4. The second-order valence-electron chi connectivity index (χ2n) is 5.61. The van der Waals surface area contributed by atoms with Crippen molar-refractivity contribution in [2.24, 2.45) is 0 Å². The Bertz CT molecular complexity index is 727. The number of nitrogens with one attached hydrogen (secondary N) is 1. The molecular formula is C19H18N2O3. The molecule has 1 N–H and O–H groups in total. The largest absolute Gasteiger partial charge is 0.457 e. The van der Waals surface area contributed by atoms with Gasteiger partial charge < -0.3 is 14.8 Å². The van der Waals surface area contributed by atoms with Crippen LogP contribution in [0.3, 0.4) is 0 Å². The van der Waals surface area contributed by atoms with Gasteiger partial charge in [-0.3, -0.25) is 4.79 Å². The van der Waals surface area contributed by atoms with E-state index in [0.29, 0.717) is 29.2 Å². The third-order valence-corrected chi connectivity index (χ3v) is 3.85. The predicted molar refractivity (Wildman–Crippen MR) is 89.0 cm³/mol. The average molecular weight is 322 g/mol. The lowest BCUT2D eigenvalue weighted by molar-refractivity contribution is 0.0858. The van der Waals surface area contributed by atoms with Gasteiger partial charge in [0.1, 0.15) is 11.5 Å². The molecule has 1 amide bonds. The van der Waals surface area contributed by atoms with Gasteiger partial charge in [0, 0.05) is 18.7 Å². The van der Waals surface area contributed by atoms with Crippen molar-refractivity contribution in [1.82, 2.24) is 5.32 Å². The maximum absolute atomic E-state index is 12.1. The van der Waals surface area contributed by atoms with Crippen LogP contribution in [0, 0.1) is 11.3 Å². The van der Waals surface area contributed by atoms with E-state index in [-0.39, 0.29) is 12.0 Å². The number of benzene rings is 2. The van der Waals surface area contributed by atoms with Gasteiger partial charge in [-0.25, -0.2) is 0 Å². The summed E-state index contributed by atoms with van der Waals surface area (Å²) in [4.78, 5) is 12.1. The van der Waals surface area contributed by atoms with Gasteiger partial charge in [-0.05, 0) is 61.4 Å². The Kier molecular flexibility index (Phi) is 5.09. The molecular weight excluding hydrogens is 304 g/mol. The van der Waals surface area contributed by atoms with E-state index in [1.807, 2.05) is 0 Å². The van der Waals surface area contributed by atoms with Gasteiger partial charge in [-0.15, -0.1) is 0 Å². The van der Waals surface area contributed by atoms with Crippen molar-refractivity contribution in [1.29, 1.82) is 5.26 Å². The van der Waals surface area contributed by atoms with Crippen LogP contribution in [0.25, 0.3) is 0 Å². The number of ether oxygens (including phenoxy) is 2. The number of nitriles is 1. The fourth-order valence-corrected chi connectivity index (χ4v) is 2.52. The zero-order valence-electron chi connectivity index (χ0n) is 13.2. The van der Waals surface area contributed by atoms with E-state index in [1.165, 1.54) is 0 Å².